The van der Waals surface area contributed by atoms with Gasteiger partial charge in [-0.1, -0.05) is 23.2 Å². The molecule has 74 valence electrons. The molecule has 0 saturated carbocycles. The fraction of sp³-hybridized carbons (Fsp3) is 0.300. The number of benzene rings is 1. The van der Waals surface area contributed by atoms with Crippen LogP contribution >= 0.6 is 23.2 Å². The van der Waals surface area contributed by atoms with Gasteiger partial charge in [-0.3, -0.25) is 4.79 Å². The molecule has 2 N–H and O–H groups in total. The highest BCUT2D eigenvalue weighted by Crippen LogP contribution is 2.36. The Kier molecular flexibility index (Phi) is 2.41. The minimum Gasteiger partial charge on any atom is -0.397 e. The van der Waals surface area contributed by atoms with Crippen molar-refractivity contribution in [2.75, 3.05) is 5.73 Å². The van der Waals surface area contributed by atoms with Crippen LogP contribution in [-0.4, -0.2) is 5.78 Å². The number of hydrogen-bond donors (Lipinski definition) is 1. The summed E-state index contributed by atoms with van der Waals surface area (Å²) in [5, 5.41) is 0.854. The van der Waals surface area contributed by atoms with Gasteiger partial charge < -0.3 is 5.73 Å². The van der Waals surface area contributed by atoms with E-state index in [1.807, 2.05) is 0 Å². The van der Waals surface area contributed by atoms with Crippen molar-refractivity contribution in [2.45, 2.75) is 19.3 Å². The van der Waals surface area contributed by atoms with Gasteiger partial charge in [0, 0.05) is 12.0 Å². The summed E-state index contributed by atoms with van der Waals surface area (Å²) in [6.07, 6.45) is 2.16. The molecule has 4 heteroatoms. The van der Waals surface area contributed by atoms with E-state index in [1.54, 1.807) is 6.07 Å². The van der Waals surface area contributed by atoms with Crippen LogP contribution in [0, 0.1) is 0 Å². The second-order valence-electron chi connectivity index (χ2n) is 3.38. The van der Waals surface area contributed by atoms with Gasteiger partial charge in [0.1, 0.15) is 0 Å². The summed E-state index contributed by atoms with van der Waals surface area (Å²) in [6.45, 7) is 0. The average molecular weight is 230 g/mol. The molecule has 0 heterocycles. The monoisotopic (exact) mass is 229 g/mol. The van der Waals surface area contributed by atoms with Gasteiger partial charge in [-0.15, -0.1) is 0 Å². The number of carbonyl (C=O) groups is 1. The number of carbonyl (C=O) groups excluding carboxylic acids is 1. The van der Waals surface area contributed by atoms with Gasteiger partial charge in [0.25, 0.3) is 0 Å². The molecule has 0 fully saturated rings. The first-order valence-corrected chi connectivity index (χ1v) is 5.16. The van der Waals surface area contributed by atoms with Crippen LogP contribution in [0.4, 0.5) is 5.69 Å². The molecule has 0 unspecified atom stereocenters. The number of Topliss-reactive ketones (excluding diaryl/α,β-unsaturated/α-hetero) is 1. The van der Waals surface area contributed by atoms with Gasteiger partial charge in [-0.2, -0.15) is 0 Å². The van der Waals surface area contributed by atoms with Gasteiger partial charge in [0.2, 0.25) is 0 Å². The zero-order valence-corrected chi connectivity index (χ0v) is 8.95. The second-order valence-corrected chi connectivity index (χ2v) is 4.20. The quantitative estimate of drug-likeness (QED) is 0.696. The smallest absolute Gasteiger partial charge is 0.164 e. The first-order chi connectivity index (χ1) is 6.61. The maximum Gasteiger partial charge on any atom is 0.164 e. The first kappa shape index (κ1) is 9.81. The Balaban J connectivity index is 2.72. The van der Waals surface area contributed by atoms with Gasteiger partial charge in [-0.25, -0.2) is 0 Å². The second kappa shape index (κ2) is 3.44. The van der Waals surface area contributed by atoms with Crippen LogP contribution in [0.3, 0.4) is 0 Å². The highest BCUT2D eigenvalue weighted by Gasteiger charge is 2.23. The molecule has 0 atom stereocenters. The van der Waals surface area contributed by atoms with Crippen LogP contribution in [0.5, 0.6) is 0 Å². The number of rotatable bonds is 0. The van der Waals surface area contributed by atoms with E-state index in [1.165, 1.54) is 0 Å². The van der Waals surface area contributed by atoms with Crippen molar-refractivity contribution in [1.82, 2.24) is 0 Å². The Hall–Kier alpha value is -0.730. The Bertz CT molecular complexity index is 415. The first-order valence-electron chi connectivity index (χ1n) is 4.41. The largest absolute Gasteiger partial charge is 0.397 e. The molecule has 1 aliphatic carbocycles. The summed E-state index contributed by atoms with van der Waals surface area (Å²) >= 11 is 11.8. The highest BCUT2D eigenvalue weighted by atomic mass is 35.5. The molecular weight excluding hydrogens is 221 g/mol. The van der Waals surface area contributed by atoms with Crippen molar-refractivity contribution >= 4 is 34.7 Å². The molecule has 1 aromatic rings. The van der Waals surface area contributed by atoms with E-state index in [4.69, 9.17) is 28.9 Å². The molecular formula is C10H9Cl2NO. The Labute approximate surface area is 92.0 Å². The molecule has 0 saturated heterocycles. The fourth-order valence-corrected chi connectivity index (χ4v) is 2.40. The predicted octanol–water partition coefficient (Wildman–Crippen LogP) is 3.09. The van der Waals surface area contributed by atoms with Crippen molar-refractivity contribution in [3.05, 3.63) is 27.2 Å². The normalized spacial score (nSPS) is 15.4. The van der Waals surface area contributed by atoms with E-state index in [0.29, 0.717) is 27.7 Å². The van der Waals surface area contributed by atoms with Gasteiger partial charge in [0.05, 0.1) is 15.7 Å². The number of hydrogen-bond acceptors (Lipinski definition) is 2. The standard InChI is InChI=1S/C10H9Cl2NO/c11-6-4-7(12)10(13)5-2-1-3-8(14)9(5)6/h4H,1-3,13H2. The van der Waals surface area contributed by atoms with E-state index >= 15 is 0 Å². The van der Waals surface area contributed by atoms with Crippen LogP contribution in [-0.2, 0) is 6.42 Å². The molecule has 0 bridgehead atoms. The van der Waals surface area contributed by atoms with Crippen LogP contribution in [0.1, 0.15) is 28.8 Å². The molecule has 0 amide bonds. The highest BCUT2D eigenvalue weighted by molar-refractivity contribution is 6.38. The molecule has 2 rings (SSSR count). The topological polar surface area (TPSA) is 43.1 Å². The van der Waals surface area contributed by atoms with Crippen molar-refractivity contribution < 1.29 is 4.79 Å². The zero-order chi connectivity index (χ0) is 10.3. The van der Waals surface area contributed by atoms with Crippen LogP contribution in [0.15, 0.2) is 6.07 Å². The van der Waals surface area contributed by atoms with Crippen molar-refractivity contribution in [3.8, 4) is 0 Å². The van der Waals surface area contributed by atoms with Crippen LogP contribution in [0.2, 0.25) is 10.0 Å². The lowest BCUT2D eigenvalue weighted by atomic mass is 9.89. The number of nitrogens with two attached hydrogens (primary N) is 1. The molecule has 1 aliphatic rings. The third-order valence-corrected chi connectivity index (χ3v) is 3.10. The SMILES string of the molecule is Nc1c(Cl)cc(Cl)c2c1CCCC2=O. The van der Waals surface area contributed by atoms with Crippen molar-refractivity contribution in [2.24, 2.45) is 0 Å². The third-order valence-electron chi connectivity index (χ3n) is 2.49. The zero-order valence-electron chi connectivity index (χ0n) is 7.44. The van der Waals surface area contributed by atoms with Gasteiger partial charge in [0.15, 0.2) is 5.78 Å². The van der Waals surface area contributed by atoms with Gasteiger partial charge in [-0.05, 0) is 24.5 Å². The van der Waals surface area contributed by atoms with Crippen molar-refractivity contribution in [1.29, 1.82) is 0 Å². The average Bonchev–Trinajstić information content (AvgIpc) is 2.14. The summed E-state index contributed by atoms with van der Waals surface area (Å²) < 4.78 is 0. The lowest BCUT2D eigenvalue weighted by molar-refractivity contribution is 0.0973. The molecule has 0 aromatic heterocycles. The maximum atomic E-state index is 11.6. The lowest BCUT2D eigenvalue weighted by Gasteiger charge is -2.18. The molecule has 14 heavy (non-hydrogen) atoms. The van der Waals surface area contributed by atoms with Gasteiger partial charge >= 0.3 is 0 Å². The van der Waals surface area contributed by atoms with Crippen molar-refractivity contribution in [3.63, 3.8) is 0 Å². The number of nitrogen functional groups attached to an aromatic ring is 1. The Morgan fingerprint density at radius 1 is 1.21 bits per heavy atom. The van der Waals surface area contributed by atoms with E-state index in [9.17, 15) is 4.79 Å². The lowest BCUT2D eigenvalue weighted by Crippen LogP contribution is -2.13. The minimum absolute atomic E-state index is 0.0691. The van der Waals surface area contributed by atoms with E-state index in [0.717, 1.165) is 18.4 Å². The Morgan fingerprint density at radius 3 is 2.64 bits per heavy atom. The number of fused-ring (bicyclic) bond motifs is 1. The molecule has 0 radical (unpaired) electrons. The fourth-order valence-electron chi connectivity index (χ4n) is 1.80. The molecule has 1 aromatic carbocycles. The maximum absolute atomic E-state index is 11.6. The Morgan fingerprint density at radius 2 is 1.93 bits per heavy atom. The number of anilines is 1. The molecule has 2 nitrogen and oxygen atoms in total. The predicted molar refractivity (Wildman–Crippen MR) is 58.1 cm³/mol. The summed E-state index contributed by atoms with van der Waals surface area (Å²) in [6, 6.07) is 1.54. The summed E-state index contributed by atoms with van der Waals surface area (Å²) in [5.74, 6) is 0.0691. The summed E-state index contributed by atoms with van der Waals surface area (Å²) in [7, 11) is 0. The van der Waals surface area contributed by atoms with E-state index < -0.39 is 0 Å². The van der Waals surface area contributed by atoms with E-state index in [2.05, 4.69) is 0 Å². The van der Waals surface area contributed by atoms with Crippen LogP contribution < -0.4 is 5.73 Å². The summed E-state index contributed by atoms with van der Waals surface area (Å²) in [4.78, 5) is 11.6. The minimum atomic E-state index is 0.0691. The van der Waals surface area contributed by atoms with Crippen LogP contribution in [0.25, 0.3) is 0 Å². The molecule has 0 aliphatic heterocycles. The van der Waals surface area contributed by atoms with E-state index in [-0.39, 0.29) is 5.78 Å². The summed E-state index contributed by atoms with van der Waals surface area (Å²) in [5.41, 5.74) is 7.68. The number of ketones is 1. The molecule has 0 spiro atoms. The third kappa shape index (κ3) is 1.39. The number of halogens is 2.